The third-order valence-electron chi connectivity index (χ3n) is 2.18. The highest BCUT2D eigenvalue weighted by molar-refractivity contribution is 7.89. The third kappa shape index (κ3) is 4.12. The molecule has 0 fully saturated rings. The van der Waals surface area contributed by atoms with E-state index < -0.39 is 16.1 Å². The van der Waals surface area contributed by atoms with Crippen molar-refractivity contribution in [2.75, 3.05) is 6.61 Å². The van der Waals surface area contributed by atoms with Gasteiger partial charge in [-0.25, -0.2) is 13.1 Å². The fourth-order valence-electron chi connectivity index (χ4n) is 1.22. The van der Waals surface area contributed by atoms with Gasteiger partial charge in [-0.05, 0) is 24.6 Å². The molecule has 1 atom stereocenters. The zero-order chi connectivity index (χ0) is 13.1. The van der Waals surface area contributed by atoms with Crippen molar-refractivity contribution in [2.24, 2.45) is 0 Å². The lowest BCUT2D eigenvalue weighted by atomic mass is 10.3. The number of halogens is 2. The topological polar surface area (TPSA) is 66.4 Å². The van der Waals surface area contributed by atoms with Gasteiger partial charge in [0.1, 0.15) is 0 Å². The molecule has 2 N–H and O–H groups in total. The van der Waals surface area contributed by atoms with Gasteiger partial charge in [-0.3, -0.25) is 0 Å². The molecule has 0 amide bonds. The number of hydrogen-bond donors (Lipinski definition) is 2. The first-order valence-corrected chi connectivity index (χ1v) is 7.22. The monoisotopic (exact) mass is 297 g/mol. The molecule has 1 aromatic rings. The molecule has 0 saturated carbocycles. The quantitative estimate of drug-likeness (QED) is 0.874. The Morgan fingerprint density at radius 3 is 2.24 bits per heavy atom. The predicted octanol–water partition coefficient (Wildman–Crippen LogP) is 2.04. The zero-order valence-electron chi connectivity index (χ0n) is 9.15. The molecule has 0 heterocycles. The highest BCUT2D eigenvalue weighted by Crippen LogP contribution is 2.22. The maximum absolute atomic E-state index is 11.9. The SMILES string of the molecule is CCC(CO)NS(=O)(=O)c1cc(Cl)cc(Cl)c1. The molecule has 0 aliphatic heterocycles. The first kappa shape index (κ1) is 14.7. The number of aliphatic hydroxyl groups is 1. The van der Waals surface area contributed by atoms with Gasteiger partial charge in [-0.1, -0.05) is 30.1 Å². The van der Waals surface area contributed by atoms with Crippen LogP contribution in [-0.4, -0.2) is 26.2 Å². The van der Waals surface area contributed by atoms with Crippen molar-refractivity contribution in [3.05, 3.63) is 28.2 Å². The van der Waals surface area contributed by atoms with Gasteiger partial charge in [0.2, 0.25) is 10.0 Å². The Bertz CT molecular complexity index is 466. The van der Waals surface area contributed by atoms with E-state index in [2.05, 4.69) is 4.72 Å². The summed E-state index contributed by atoms with van der Waals surface area (Å²) in [6.07, 6.45) is 0.490. The minimum absolute atomic E-state index is 0.0121. The van der Waals surface area contributed by atoms with Crippen molar-refractivity contribution in [2.45, 2.75) is 24.3 Å². The Hall–Kier alpha value is -0.330. The van der Waals surface area contributed by atoms with Gasteiger partial charge in [-0.2, -0.15) is 0 Å². The Labute approximate surface area is 111 Å². The van der Waals surface area contributed by atoms with Crippen LogP contribution < -0.4 is 4.72 Å². The van der Waals surface area contributed by atoms with E-state index in [-0.39, 0.29) is 21.5 Å². The second-order valence-corrected chi connectivity index (χ2v) is 6.10. The summed E-state index contributed by atoms with van der Waals surface area (Å²) >= 11 is 11.5. The molecular weight excluding hydrogens is 285 g/mol. The first-order valence-electron chi connectivity index (χ1n) is 4.98. The van der Waals surface area contributed by atoms with Gasteiger partial charge in [-0.15, -0.1) is 0 Å². The number of benzene rings is 1. The minimum Gasteiger partial charge on any atom is -0.395 e. The Balaban J connectivity index is 3.04. The summed E-state index contributed by atoms with van der Waals surface area (Å²) in [4.78, 5) is -0.0121. The van der Waals surface area contributed by atoms with Gasteiger partial charge in [0.15, 0.2) is 0 Å². The molecule has 7 heteroatoms. The van der Waals surface area contributed by atoms with E-state index in [9.17, 15) is 8.42 Å². The predicted molar refractivity (Wildman–Crippen MR) is 67.9 cm³/mol. The van der Waals surface area contributed by atoms with E-state index >= 15 is 0 Å². The Morgan fingerprint density at radius 1 is 1.29 bits per heavy atom. The molecule has 0 radical (unpaired) electrons. The average molecular weight is 298 g/mol. The van der Waals surface area contributed by atoms with E-state index in [1.807, 2.05) is 0 Å². The highest BCUT2D eigenvalue weighted by atomic mass is 35.5. The van der Waals surface area contributed by atoms with Crippen molar-refractivity contribution in [3.8, 4) is 0 Å². The molecule has 0 aliphatic rings. The molecule has 0 aromatic heterocycles. The smallest absolute Gasteiger partial charge is 0.241 e. The number of nitrogens with one attached hydrogen (secondary N) is 1. The van der Waals surface area contributed by atoms with Gasteiger partial charge in [0, 0.05) is 16.1 Å². The summed E-state index contributed by atoms with van der Waals surface area (Å²) in [7, 11) is -3.71. The van der Waals surface area contributed by atoms with Crippen LogP contribution in [0.1, 0.15) is 13.3 Å². The van der Waals surface area contributed by atoms with Crippen LogP contribution in [0, 0.1) is 0 Å². The summed E-state index contributed by atoms with van der Waals surface area (Å²) < 4.78 is 26.2. The lowest BCUT2D eigenvalue weighted by molar-refractivity contribution is 0.254. The largest absolute Gasteiger partial charge is 0.395 e. The van der Waals surface area contributed by atoms with Gasteiger partial charge < -0.3 is 5.11 Å². The van der Waals surface area contributed by atoms with Crippen LogP contribution in [0.2, 0.25) is 10.0 Å². The number of hydrogen-bond acceptors (Lipinski definition) is 3. The molecular formula is C10H13Cl2NO3S. The normalized spacial score (nSPS) is 13.6. The zero-order valence-corrected chi connectivity index (χ0v) is 11.5. The number of aliphatic hydroxyl groups excluding tert-OH is 1. The fourth-order valence-corrected chi connectivity index (χ4v) is 3.26. The molecule has 17 heavy (non-hydrogen) atoms. The van der Waals surface area contributed by atoms with Crippen LogP contribution >= 0.6 is 23.2 Å². The van der Waals surface area contributed by atoms with Crippen molar-refractivity contribution < 1.29 is 13.5 Å². The van der Waals surface area contributed by atoms with Crippen LogP contribution in [0.15, 0.2) is 23.1 Å². The van der Waals surface area contributed by atoms with Gasteiger partial charge in [0.25, 0.3) is 0 Å². The lowest BCUT2D eigenvalue weighted by Gasteiger charge is -2.14. The first-order chi connectivity index (χ1) is 7.89. The molecule has 1 rings (SSSR count). The summed E-state index contributed by atoms with van der Waals surface area (Å²) in [5.74, 6) is 0. The molecule has 0 spiro atoms. The van der Waals surface area contributed by atoms with Crippen molar-refractivity contribution >= 4 is 33.2 Å². The van der Waals surface area contributed by atoms with Crippen LogP contribution in [0.3, 0.4) is 0 Å². The maximum atomic E-state index is 11.9. The van der Waals surface area contributed by atoms with Gasteiger partial charge >= 0.3 is 0 Å². The Kier molecular flexibility index (Phi) is 5.22. The third-order valence-corrected chi connectivity index (χ3v) is 4.12. The van der Waals surface area contributed by atoms with E-state index in [0.717, 1.165) is 0 Å². The van der Waals surface area contributed by atoms with E-state index in [1.165, 1.54) is 18.2 Å². The highest BCUT2D eigenvalue weighted by Gasteiger charge is 2.19. The van der Waals surface area contributed by atoms with Crippen molar-refractivity contribution in [1.82, 2.24) is 4.72 Å². The maximum Gasteiger partial charge on any atom is 0.241 e. The standard InChI is InChI=1S/C10H13Cl2NO3S/c1-2-9(6-14)13-17(15,16)10-4-7(11)3-8(12)5-10/h3-5,9,13-14H,2,6H2,1H3. The molecule has 1 aromatic carbocycles. The summed E-state index contributed by atoms with van der Waals surface area (Å²) in [6, 6.07) is 3.54. The average Bonchev–Trinajstić information content (AvgIpc) is 2.24. The van der Waals surface area contributed by atoms with Crippen molar-refractivity contribution in [3.63, 3.8) is 0 Å². The summed E-state index contributed by atoms with van der Waals surface area (Å²) in [5.41, 5.74) is 0. The molecule has 0 aliphatic carbocycles. The molecule has 0 bridgehead atoms. The summed E-state index contributed by atoms with van der Waals surface area (Å²) in [5, 5.41) is 9.46. The van der Waals surface area contributed by atoms with E-state index in [0.29, 0.717) is 6.42 Å². The minimum atomic E-state index is -3.71. The Morgan fingerprint density at radius 2 is 1.82 bits per heavy atom. The van der Waals surface area contributed by atoms with Crippen LogP contribution in [0.25, 0.3) is 0 Å². The fraction of sp³-hybridized carbons (Fsp3) is 0.400. The molecule has 4 nitrogen and oxygen atoms in total. The van der Waals surface area contributed by atoms with Crippen LogP contribution in [0.4, 0.5) is 0 Å². The number of rotatable bonds is 5. The van der Waals surface area contributed by atoms with E-state index in [1.54, 1.807) is 6.92 Å². The van der Waals surface area contributed by atoms with E-state index in [4.69, 9.17) is 28.3 Å². The number of sulfonamides is 1. The molecule has 0 saturated heterocycles. The molecule has 1 unspecified atom stereocenters. The van der Waals surface area contributed by atoms with Crippen molar-refractivity contribution in [1.29, 1.82) is 0 Å². The lowest BCUT2D eigenvalue weighted by Crippen LogP contribution is -2.36. The summed E-state index contributed by atoms with van der Waals surface area (Å²) in [6.45, 7) is 1.51. The van der Waals surface area contributed by atoms with Gasteiger partial charge in [0.05, 0.1) is 11.5 Å². The van der Waals surface area contributed by atoms with Crippen LogP contribution in [-0.2, 0) is 10.0 Å². The second kappa shape index (κ2) is 6.02. The molecule has 96 valence electrons. The second-order valence-electron chi connectivity index (χ2n) is 3.51. The van der Waals surface area contributed by atoms with Crippen LogP contribution in [0.5, 0.6) is 0 Å².